The summed E-state index contributed by atoms with van der Waals surface area (Å²) in [6, 6.07) is 23.4. The van der Waals surface area contributed by atoms with Gasteiger partial charge in [0.1, 0.15) is 22.0 Å². The van der Waals surface area contributed by atoms with Crippen LogP contribution in [0, 0.1) is 6.92 Å². The number of hydrogen-bond acceptors (Lipinski definition) is 13. The third-order valence-corrected chi connectivity index (χ3v) is 9.51. The minimum absolute atomic E-state index is 0.0762. The maximum atomic E-state index is 12.1. The molecular formula is C35H31N7O9S2. The topological polar surface area (TPSA) is 283 Å². The van der Waals surface area contributed by atoms with Crippen LogP contribution in [0.15, 0.2) is 127 Å². The number of fused-ring (bicyclic) bond motifs is 2. The lowest BCUT2D eigenvalue weighted by molar-refractivity contribution is 0.1000. The second kappa shape index (κ2) is 15.0. The predicted molar refractivity (Wildman–Crippen MR) is 199 cm³/mol. The van der Waals surface area contributed by atoms with Crippen molar-refractivity contribution in [2.75, 3.05) is 18.6 Å². The number of phenolic OH excluding ortho intramolecular Hbond substituents is 1. The fourth-order valence-electron chi connectivity index (χ4n) is 5.03. The van der Waals surface area contributed by atoms with E-state index in [0.717, 1.165) is 17.7 Å². The van der Waals surface area contributed by atoms with Gasteiger partial charge in [-0.15, -0.1) is 20.5 Å². The van der Waals surface area contributed by atoms with E-state index in [9.17, 15) is 35.8 Å². The normalized spacial score (nSPS) is 11.9. The Labute approximate surface area is 302 Å². The molecule has 0 unspecified atom stereocenters. The maximum Gasteiger partial charge on any atom is 0.295 e. The van der Waals surface area contributed by atoms with Gasteiger partial charge in [-0.2, -0.15) is 16.8 Å². The number of nitrogens with zero attached hydrogens (tertiary/aromatic N) is 4. The van der Waals surface area contributed by atoms with E-state index in [1.54, 1.807) is 55.5 Å². The molecule has 0 aromatic heterocycles. The fourth-order valence-corrected chi connectivity index (χ4v) is 6.25. The lowest BCUT2D eigenvalue weighted by atomic mass is 10.1. The number of amides is 1. The third kappa shape index (κ3) is 8.54. The first-order valence-corrected chi connectivity index (χ1v) is 18.1. The van der Waals surface area contributed by atoms with E-state index in [1.165, 1.54) is 43.5 Å². The van der Waals surface area contributed by atoms with Crippen molar-refractivity contribution in [2.24, 2.45) is 26.2 Å². The van der Waals surface area contributed by atoms with Gasteiger partial charge in [0, 0.05) is 44.5 Å². The molecule has 0 aliphatic carbocycles. The molecule has 53 heavy (non-hydrogen) atoms. The Bertz CT molecular complexity index is 2680. The third-order valence-electron chi connectivity index (χ3n) is 7.77. The molecule has 0 aliphatic rings. The number of nitrogens with two attached hydrogens (primary N) is 3. The van der Waals surface area contributed by atoms with Crippen LogP contribution in [0.4, 0.5) is 34.1 Å². The largest absolute Gasteiger partial charge is 0.505 e. The van der Waals surface area contributed by atoms with Crippen molar-refractivity contribution in [3.63, 3.8) is 0 Å². The zero-order chi connectivity index (χ0) is 38.7. The quantitative estimate of drug-likeness (QED) is 0.0509. The van der Waals surface area contributed by atoms with Crippen LogP contribution in [0.5, 0.6) is 11.5 Å². The standard InChI is InChI=1S/C28H23N5O8S2.C7H8N2O/c1-15-11-24(26(41-2)13-21(15)29)32-30-22-9-10-23(20-12-16(42(35,36)37)7-8-17(20)22)31-33-25-14-27(43(38,39)40)18-5-3-4-6-19(18)28(25)34;8-6-3-1-5(2-4-6)7(9)10/h3-14,34H,29H2,1-2H3,(H,35,36,37)(H,38,39,40);1-4H,8H2,(H2,9,10). The van der Waals surface area contributed by atoms with E-state index in [4.69, 9.17) is 21.9 Å². The van der Waals surface area contributed by atoms with E-state index >= 15 is 0 Å². The lowest BCUT2D eigenvalue weighted by Gasteiger charge is -2.09. The van der Waals surface area contributed by atoms with Gasteiger partial charge in [0.05, 0.1) is 23.4 Å². The van der Waals surface area contributed by atoms with Gasteiger partial charge in [-0.05, 0) is 73.2 Å². The number of carbonyl (C=O) groups excluding carboxylic acids is 1. The van der Waals surface area contributed by atoms with Crippen molar-refractivity contribution in [1.82, 2.24) is 0 Å². The first-order chi connectivity index (χ1) is 25.0. The second-order valence-electron chi connectivity index (χ2n) is 11.3. The second-order valence-corrected chi connectivity index (χ2v) is 14.1. The number of aryl methyl sites for hydroxylation is 1. The number of aromatic hydroxyl groups is 1. The number of phenols is 1. The molecule has 6 aromatic carbocycles. The summed E-state index contributed by atoms with van der Waals surface area (Å²) in [6.07, 6.45) is 0. The number of azo groups is 2. The number of rotatable bonds is 8. The number of methoxy groups -OCH3 is 1. The van der Waals surface area contributed by atoms with Crippen LogP contribution < -0.4 is 21.9 Å². The number of primary amides is 1. The van der Waals surface area contributed by atoms with E-state index in [2.05, 4.69) is 20.5 Å². The van der Waals surface area contributed by atoms with Crippen LogP contribution >= 0.6 is 0 Å². The van der Waals surface area contributed by atoms with E-state index in [0.29, 0.717) is 39.4 Å². The molecule has 18 heteroatoms. The maximum absolute atomic E-state index is 12.1. The molecule has 0 aliphatic heterocycles. The molecule has 6 rings (SSSR count). The summed E-state index contributed by atoms with van der Waals surface area (Å²) >= 11 is 0. The highest BCUT2D eigenvalue weighted by Gasteiger charge is 2.20. The molecule has 16 nitrogen and oxygen atoms in total. The van der Waals surface area contributed by atoms with Crippen molar-refractivity contribution in [2.45, 2.75) is 16.7 Å². The molecule has 0 bridgehead atoms. The van der Waals surface area contributed by atoms with Gasteiger partial charge in [-0.25, -0.2) is 0 Å². The highest BCUT2D eigenvalue weighted by Crippen LogP contribution is 2.42. The Hall–Kier alpha value is -6.47. The average molecular weight is 758 g/mol. The monoisotopic (exact) mass is 757 g/mol. The number of hydrogen-bond donors (Lipinski definition) is 6. The summed E-state index contributed by atoms with van der Waals surface area (Å²) in [7, 11) is -7.85. The lowest BCUT2D eigenvalue weighted by Crippen LogP contribution is -2.10. The van der Waals surface area contributed by atoms with Crippen molar-refractivity contribution in [3.8, 4) is 11.5 Å². The smallest absolute Gasteiger partial charge is 0.295 e. The molecule has 0 heterocycles. The highest BCUT2D eigenvalue weighted by atomic mass is 32.2. The van der Waals surface area contributed by atoms with Gasteiger partial charge in [0.2, 0.25) is 5.91 Å². The zero-order valence-corrected chi connectivity index (χ0v) is 29.5. The number of anilines is 2. The number of benzene rings is 6. The summed E-state index contributed by atoms with van der Waals surface area (Å²) < 4.78 is 72.7. The van der Waals surface area contributed by atoms with Gasteiger partial charge in [0.25, 0.3) is 20.2 Å². The summed E-state index contributed by atoms with van der Waals surface area (Å²) in [5, 5.41) is 28.3. The van der Waals surface area contributed by atoms with Gasteiger partial charge >= 0.3 is 0 Å². The van der Waals surface area contributed by atoms with E-state index in [-0.39, 0.29) is 27.5 Å². The van der Waals surface area contributed by atoms with Crippen LogP contribution in [0.3, 0.4) is 0 Å². The Morgan fingerprint density at radius 3 is 1.83 bits per heavy atom. The van der Waals surface area contributed by atoms with Gasteiger partial charge in [0.15, 0.2) is 5.75 Å². The molecule has 0 saturated heterocycles. The molecule has 0 atom stereocenters. The molecule has 272 valence electrons. The van der Waals surface area contributed by atoms with Gasteiger partial charge < -0.3 is 27.0 Å². The predicted octanol–water partition coefficient (Wildman–Crippen LogP) is 7.29. The first-order valence-electron chi connectivity index (χ1n) is 15.2. The van der Waals surface area contributed by atoms with Crippen LogP contribution in [0.2, 0.25) is 0 Å². The van der Waals surface area contributed by atoms with Crippen LogP contribution in [0.1, 0.15) is 15.9 Å². The highest BCUT2D eigenvalue weighted by molar-refractivity contribution is 7.86. The number of nitrogen functional groups attached to an aromatic ring is 2. The molecule has 0 fully saturated rings. The Morgan fingerprint density at radius 2 is 1.25 bits per heavy atom. The average Bonchev–Trinajstić information content (AvgIpc) is 3.11. The fraction of sp³-hybridized carbons (Fsp3) is 0.0571. The van der Waals surface area contributed by atoms with Gasteiger partial charge in [-0.1, -0.05) is 30.3 Å². The first kappa shape index (κ1) is 37.8. The minimum Gasteiger partial charge on any atom is -0.505 e. The molecule has 0 radical (unpaired) electrons. The number of carbonyl (C=O) groups is 1. The van der Waals surface area contributed by atoms with Crippen molar-refractivity contribution in [3.05, 3.63) is 108 Å². The molecule has 9 N–H and O–H groups in total. The molecular weight excluding hydrogens is 727 g/mol. The van der Waals surface area contributed by atoms with Crippen molar-refractivity contribution < 1.29 is 40.6 Å². The zero-order valence-electron chi connectivity index (χ0n) is 27.9. The number of ether oxygens (including phenoxy) is 1. The summed E-state index contributed by atoms with van der Waals surface area (Å²) in [6.45, 7) is 1.80. The van der Waals surface area contributed by atoms with Crippen LogP contribution in [0.25, 0.3) is 21.5 Å². The van der Waals surface area contributed by atoms with E-state index in [1.807, 2.05) is 0 Å². The SMILES string of the molecule is COc1cc(N)c(C)cc1N=Nc1ccc(N=Nc2cc(S(=O)(=O)O)c3ccccc3c2O)c2cc(S(=O)(=O)O)ccc12.NC(=O)c1ccc(N)cc1. The molecule has 1 amide bonds. The van der Waals surface area contributed by atoms with Crippen molar-refractivity contribution >= 4 is 81.8 Å². The van der Waals surface area contributed by atoms with Gasteiger partial charge in [-0.3, -0.25) is 13.9 Å². The molecule has 6 aromatic rings. The summed E-state index contributed by atoms with van der Waals surface area (Å²) in [5.41, 5.74) is 19.2. The van der Waals surface area contributed by atoms with Crippen LogP contribution in [-0.2, 0) is 20.2 Å². The van der Waals surface area contributed by atoms with E-state index < -0.39 is 41.7 Å². The summed E-state index contributed by atoms with van der Waals surface area (Å²) in [4.78, 5) is 9.58. The Kier molecular flexibility index (Phi) is 10.7. The summed E-state index contributed by atoms with van der Waals surface area (Å²) in [5.74, 6) is -0.442. The molecule has 0 saturated carbocycles. The Morgan fingerprint density at radius 1 is 0.660 bits per heavy atom. The van der Waals surface area contributed by atoms with Crippen molar-refractivity contribution in [1.29, 1.82) is 0 Å². The minimum atomic E-state index is -4.70. The Balaban J connectivity index is 0.000000469. The molecule has 0 spiro atoms. The van der Waals surface area contributed by atoms with Crippen LogP contribution in [-0.4, -0.2) is 44.1 Å².